The Morgan fingerprint density at radius 3 is 1.50 bits per heavy atom. The average molecular weight is 683 g/mol. The lowest BCUT2D eigenvalue weighted by Gasteiger charge is -2.06. The van der Waals surface area contributed by atoms with Gasteiger partial charge >= 0.3 is 11.9 Å². The number of nitrogens with zero attached hydrogens (tertiary/aromatic N) is 5. The number of aromatic amines is 1. The second kappa shape index (κ2) is 15.3. The molecule has 15 heteroatoms. The SMILES string of the molecule is COC(=O)c1ccc2c(=O)[nH]c(C)nc2c1.COC(=O)c1ccc2c(=O)n(C)c(C)nc2c1.Cc1nc2cc(C(=O)CO)ccc2c(=O)n1C. The van der Waals surface area contributed by atoms with Crippen molar-refractivity contribution in [1.82, 2.24) is 29.1 Å². The second-order valence-corrected chi connectivity index (χ2v) is 11.0. The Balaban J connectivity index is 0.000000169. The van der Waals surface area contributed by atoms with Crippen LogP contribution in [0.3, 0.4) is 0 Å². The summed E-state index contributed by atoms with van der Waals surface area (Å²) in [5.41, 5.74) is 2.13. The fourth-order valence-electron chi connectivity index (χ4n) is 4.77. The van der Waals surface area contributed by atoms with Gasteiger partial charge in [-0.15, -0.1) is 0 Å². The molecule has 3 aromatic carbocycles. The molecule has 3 heterocycles. The van der Waals surface area contributed by atoms with Crippen molar-refractivity contribution in [3.63, 3.8) is 0 Å². The molecule has 0 unspecified atom stereocenters. The summed E-state index contributed by atoms with van der Waals surface area (Å²) in [4.78, 5) is 84.6. The van der Waals surface area contributed by atoms with E-state index in [0.717, 1.165) is 0 Å². The number of hydrogen-bond donors (Lipinski definition) is 2. The number of fused-ring (bicyclic) bond motifs is 3. The Morgan fingerprint density at radius 2 is 1.06 bits per heavy atom. The van der Waals surface area contributed by atoms with Gasteiger partial charge in [0.25, 0.3) is 16.7 Å². The van der Waals surface area contributed by atoms with Crippen LogP contribution in [0.25, 0.3) is 32.7 Å². The summed E-state index contributed by atoms with van der Waals surface area (Å²) in [5, 5.41) is 10.2. The van der Waals surface area contributed by atoms with Crippen molar-refractivity contribution < 1.29 is 29.0 Å². The van der Waals surface area contributed by atoms with Crippen molar-refractivity contribution in [3.05, 3.63) is 120 Å². The van der Waals surface area contributed by atoms with E-state index >= 15 is 0 Å². The van der Waals surface area contributed by atoms with Gasteiger partial charge in [0.15, 0.2) is 5.78 Å². The van der Waals surface area contributed by atoms with E-state index in [9.17, 15) is 28.8 Å². The standard InChI is InChI=1S/2C12H12N2O3.C11H10N2O3/c1-7-13-10-6-8(12(16)17-3)4-5-9(10)11(15)14(7)2;1-7-13-10-5-8(11(16)6-15)3-4-9(10)12(17)14(7)2;1-6-12-9-5-7(11(15)16-2)3-4-8(9)10(14)13-6/h4-6H,1-3H3;3-5,15H,6H2,1-2H3;3-5H,1-2H3,(H,12,13,14). The van der Waals surface area contributed by atoms with Crippen LogP contribution in [0.15, 0.2) is 69.0 Å². The van der Waals surface area contributed by atoms with Crippen molar-refractivity contribution in [2.75, 3.05) is 20.8 Å². The number of aliphatic hydroxyl groups is 1. The zero-order valence-electron chi connectivity index (χ0n) is 28.4. The maximum Gasteiger partial charge on any atom is 0.337 e. The van der Waals surface area contributed by atoms with Crippen molar-refractivity contribution in [2.45, 2.75) is 20.8 Å². The van der Waals surface area contributed by atoms with Crippen LogP contribution < -0.4 is 16.7 Å². The molecule has 6 aromatic rings. The van der Waals surface area contributed by atoms with Crippen LogP contribution in [0.5, 0.6) is 0 Å². The number of aryl methyl sites for hydroxylation is 3. The molecular weight excluding hydrogens is 648 g/mol. The summed E-state index contributed by atoms with van der Waals surface area (Å²) in [6.45, 7) is 4.61. The van der Waals surface area contributed by atoms with E-state index in [1.165, 1.54) is 35.5 Å². The number of Topliss-reactive ketones (excluding diaryl/α,β-unsaturated/α-hetero) is 1. The van der Waals surface area contributed by atoms with E-state index in [0.29, 0.717) is 66.9 Å². The Morgan fingerprint density at radius 1 is 0.660 bits per heavy atom. The summed E-state index contributed by atoms with van der Waals surface area (Å²) >= 11 is 0. The van der Waals surface area contributed by atoms with Gasteiger partial charge in [-0.25, -0.2) is 24.5 Å². The van der Waals surface area contributed by atoms with Gasteiger partial charge in [0, 0.05) is 19.7 Å². The molecule has 0 atom stereocenters. The largest absolute Gasteiger partial charge is 0.465 e. The normalized spacial score (nSPS) is 10.6. The minimum Gasteiger partial charge on any atom is -0.465 e. The molecule has 6 rings (SSSR count). The number of methoxy groups -OCH3 is 2. The predicted octanol–water partition coefficient (Wildman–Crippen LogP) is 2.46. The summed E-state index contributed by atoms with van der Waals surface area (Å²) in [6.07, 6.45) is 0. The number of carbonyl (C=O) groups is 3. The number of ketones is 1. The molecule has 0 radical (unpaired) electrons. The van der Waals surface area contributed by atoms with Gasteiger partial charge in [-0.3, -0.25) is 28.3 Å². The molecule has 50 heavy (non-hydrogen) atoms. The first kappa shape index (κ1) is 36.5. The molecule has 0 bridgehead atoms. The molecule has 2 N–H and O–H groups in total. The Hall–Kier alpha value is -6.35. The van der Waals surface area contributed by atoms with Crippen LogP contribution in [0.2, 0.25) is 0 Å². The van der Waals surface area contributed by atoms with Gasteiger partial charge in [-0.2, -0.15) is 0 Å². The highest BCUT2D eigenvalue weighted by atomic mass is 16.5. The van der Waals surface area contributed by atoms with Gasteiger partial charge in [-0.1, -0.05) is 6.07 Å². The number of rotatable bonds is 4. The smallest absolute Gasteiger partial charge is 0.337 e. The maximum atomic E-state index is 11.9. The molecule has 0 fully saturated rings. The molecule has 0 saturated heterocycles. The lowest BCUT2D eigenvalue weighted by molar-refractivity contribution is 0.0592. The van der Waals surface area contributed by atoms with Gasteiger partial charge in [0.2, 0.25) is 0 Å². The average Bonchev–Trinajstić information content (AvgIpc) is 3.11. The highest BCUT2D eigenvalue weighted by molar-refractivity contribution is 6.00. The molecule has 0 aliphatic rings. The van der Waals surface area contributed by atoms with E-state index in [1.807, 2.05) is 0 Å². The quantitative estimate of drug-likeness (QED) is 0.203. The molecule has 0 aliphatic carbocycles. The van der Waals surface area contributed by atoms with Crippen LogP contribution in [0.1, 0.15) is 48.5 Å². The highest BCUT2D eigenvalue weighted by Gasteiger charge is 2.12. The van der Waals surface area contributed by atoms with Crippen molar-refractivity contribution >= 4 is 50.4 Å². The number of ether oxygens (including phenoxy) is 2. The topological polar surface area (TPSA) is 205 Å². The number of aliphatic hydroxyl groups excluding tert-OH is 1. The molecule has 0 spiro atoms. The molecule has 15 nitrogen and oxygen atoms in total. The third-order valence-electron chi connectivity index (χ3n) is 7.73. The second-order valence-electron chi connectivity index (χ2n) is 11.0. The fraction of sp³-hybridized carbons (Fsp3) is 0.229. The van der Waals surface area contributed by atoms with Gasteiger partial charge in [0.1, 0.15) is 24.1 Å². The first-order valence-electron chi connectivity index (χ1n) is 15.0. The van der Waals surface area contributed by atoms with E-state index in [-0.39, 0.29) is 22.5 Å². The van der Waals surface area contributed by atoms with E-state index < -0.39 is 18.5 Å². The third kappa shape index (κ3) is 7.68. The van der Waals surface area contributed by atoms with E-state index in [2.05, 4.69) is 29.4 Å². The maximum absolute atomic E-state index is 11.9. The molecule has 0 saturated carbocycles. The Kier molecular flexibility index (Phi) is 11.1. The summed E-state index contributed by atoms with van der Waals surface area (Å²) in [7, 11) is 5.94. The van der Waals surface area contributed by atoms with Gasteiger partial charge < -0.3 is 19.6 Å². The Bertz CT molecular complexity index is 2360. The summed E-state index contributed by atoms with van der Waals surface area (Å²) < 4.78 is 12.1. The predicted molar refractivity (Wildman–Crippen MR) is 185 cm³/mol. The summed E-state index contributed by atoms with van der Waals surface area (Å²) in [6, 6.07) is 14.0. The minimum absolute atomic E-state index is 0.121. The fourth-order valence-corrected chi connectivity index (χ4v) is 4.77. The third-order valence-corrected chi connectivity index (χ3v) is 7.73. The van der Waals surface area contributed by atoms with Crippen LogP contribution in [0.4, 0.5) is 0 Å². The zero-order chi connectivity index (χ0) is 36.9. The van der Waals surface area contributed by atoms with Crippen molar-refractivity contribution in [3.8, 4) is 0 Å². The van der Waals surface area contributed by atoms with E-state index in [4.69, 9.17) is 5.11 Å². The number of carbonyl (C=O) groups excluding carboxylic acids is 3. The monoisotopic (exact) mass is 682 g/mol. The van der Waals surface area contributed by atoms with Gasteiger partial charge in [-0.05, 0) is 69.3 Å². The number of hydrogen-bond acceptors (Lipinski definition) is 12. The first-order chi connectivity index (χ1) is 23.7. The molecule has 0 aliphatic heterocycles. The van der Waals surface area contributed by atoms with Gasteiger partial charge in [0.05, 0.1) is 58.1 Å². The van der Waals surface area contributed by atoms with Crippen molar-refractivity contribution in [1.29, 1.82) is 0 Å². The first-order valence-corrected chi connectivity index (χ1v) is 15.0. The summed E-state index contributed by atoms with van der Waals surface area (Å²) in [5.74, 6) is 0.431. The Labute approximate surface area is 283 Å². The zero-order valence-corrected chi connectivity index (χ0v) is 28.4. The number of benzene rings is 3. The van der Waals surface area contributed by atoms with E-state index in [1.54, 1.807) is 77.3 Å². The molecule has 0 amide bonds. The van der Waals surface area contributed by atoms with Crippen LogP contribution in [-0.4, -0.2) is 72.7 Å². The van der Waals surface area contributed by atoms with Crippen LogP contribution in [-0.2, 0) is 23.6 Å². The lowest BCUT2D eigenvalue weighted by Crippen LogP contribution is -2.20. The minimum atomic E-state index is -0.546. The molecule has 258 valence electrons. The van der Waals surface area contributed by atoms with Crippen LogP contribution >= 0.6 is 0 Å². The lowest BCUT2D eigenvalue weighted by atomic mass is 10.1. The number of H-pyrrole nitrogens is 1. The molecular formula is C35H34N6O9. The van der Waals surface area contributed by atoms with Crippen molar-refractivity contribution in [2.24, 2.45) is 14.1 Å². The number of nitrogens with one attached hydrogen (secondary N) is 1. The highest BCUT2D eigenvalue weighted by Crippen LogP contribution is 2.14. The number of esters is 2. The number of aromatic nitrogens is 6. The van der Waals surface area contributed by atoms with Crippen LogP contribution in [0, 0.1) is 20.8 Å². The molecule has 3 aromatic heterocycles.